The summed E-state index contributed by atoms with van der Waals surface area (Å²) < 4.78 is 5.71. The molecule has 0 saturated heterocycles. The number of benzene rings is 1. The number of nitrogens with zero attached hydrogens (tertiary/aromatic N) is 1. The van der Waals surface area contributed by atoms with Gasteiger partial charge in [0.2, 0.25) is 0 Å². The molecule has 0 spiro atoms. The number of hydrogen-bond acceptors (Lipinski definition) is 3. The molecule has 0 aliphatic rings. The first-order valence-electron chi connectivity index (χ1n) is 5.56. The molecule has 1 aromatic heterocycles. The van der Waals surface area contributed by atoms with Crippen LogP contribution in [0.3, 0.4) is 0 Å². The van der Waals surface area contributed by atoms with Crippen molar-refractivity contribution in [3.05, 3.63) is 53.3 Å². The Morgan fingerprint density at radius 3 is 2.71 bits per heavy atom. The third-order valence-corrected chi connectivity index (χ3v) is 2.52. The minimum absolute atomic E-state index is 0.479. The van der Waals surface area contributed by atoms with Crippen molar-refractivity contribution in [3.63, 3.8) is 0 Å². The Morgan fingerprint density at radius 2 is 2.00 bits per heavy atom. The van der Waals surface area contributed by atoms with Crippen LogP contribution >= 0.6 is 0 Å². The van der Waals surface area contributed by atoms with Crippen LogP contribution in [0.25, 0.3) is 0 Å². The maximum atomic E-state index is 5.71. The largest absolute Gasteiger partial charge is 0.487 e. The number of nitrogens with two attached hydrogens (primary N) is 1. The Hall–Kier alpha value is -2.03. The zero-order valence-electron chi connectivity index (χ0n) is 10.1. The highest BCUT2D eigenvalue weighted by Gasteiger charge is 2.01. The van der Waals surface area contributed by atoms with Crippen molar-refractivity contribution < 1.29 is 4.74 Å². The van der Waals surface area contributed by atoms with E-state index in [1.54, 1.807) is 0 Å². The van der Waals surface area contributed by atoms with Gasteiger partial charge in [-0.15, -0.1) is 0 Å². The molecule has 0 unspecified atom stereocenters. The second kappa shape index (κ2) is 4.87. The van der Waals surface area contributed by atoms with Crippen molar-refractivity contribution in [2.75, 3.05) is 5.73 Å². The van der Waals surface area contributed by atoms with Gasteiger partial charge in [-0.2, -0.15) is 0 Å². The van der Waals surface area contributed by atoms with E-state index in [0.29, 0.717) is 6.61 Å². The van der Waals surface area contributed by atoms with Crippen LogP contribution in [0.2, 0.25) is 0 Å². The van der Waals surface area contributed by atoms with Crippen molar-refractivity contribution in [2.45, 2.75) is 20.5 Å². The minimum Gasteiger partial charge on any atom is -0.487 e. The quantitative estimate of drug-likeness (QED) is 0.822. The minimum atomic E-state index is 0.479. The fourth-order valence-electron chi connectivity index (χ4n) is 1.67. The highest BCUT2D eigenvalue weighted by molar-refractivity contribution is 5.47. The Balaban J connectivity index is 2.07. The lowest BCUT2D eigenvalue weighted by atomic mass is 10.2. The van der Waals surface area contributed by atoms with E-state index in [0.717, 1.165) is 28.4 Å². The molecule has 0 atom stereocenters. The second-order valence-corrected chi connectivity index (χ2v) is 4.08. The summed E-state index contributed by atoms with van der Waals surface area (Å²) in [4.78, 5) is 4.39. The van der Waals surface area contributed by atoms with Crippen LogP contribution in [0.5, 0.6) is 5.75 Å². The first-order chi connectivity index (χ1) is 8.15. The highest BCUT2D eigenvalue weighted by Crippen LogP contribution is 2.20. The first kappa shape index (κ1) is 11.5. The van der Waals surface area contributed by atoms with Gasteiger partial charge in [0, 0.05) is 11.4 Å². The van der Waals surface area contributed by atoms with Gasteiger partial charge in [0.15, 0.2) is 0 Å². The number of rotatable bonds is 3. The molecule has 88 valence electrons. The normalized spacial score (nSPS) is 10.2. The lowest BCUT2D eigenvalue weighted by Crippen LogP contribution is -2.00. The van der Waals surface area contributed by atoms with Gasteiger partial charge in [-0.05, 0) is 49.7 Å². The van der Waals surface area contributed by atoms with Crippen molar-refractivity contribution in [3.8, 4) is 5.75 Å². The lowest BCUT2D eigenvalue weighted by molar-refractivity contribution is 0.299. The average Bonchev–Trinajstić information content (AvgIpc) is 2.28. The molecule has 3 nitrogen and oxygen atoms in total. The van der Waals surface area contributed by atoms with Crippen molar-refractivity contribution >= 4 is 5.69 Å². The molecular formula is C14H16N2O. The summed E-state index contributed by atoms with van der Waals surface area (Å²) in [6, 6.07) is 11.5. The van der Waals surface area contributed by atoms with Crippen molar-refractivity contribution in [1.82, 2.24) is 4.98 Å². The predicted molar refractivity (Wildman–Crippen MR) is 68.9 cm³/mol. The monoisotopic (exact) mass is 228 g/mol. The van der Waals surface area contributed by atoms with Gasteiger partial charge in [0.05, 0.1) is 5.69 Å². The number of ether oxygens (including phenoxy) is 1. The number of nitrogen functional groups attached to an aromatic ring is 1. The van der Waals surface area contributed by atoms with Gasteiger partial charge < -0.3 is 10.5 Å². The van der Waals surface area contributed by atoms with Crippen LogP contribution in [-0.2, 0) is 6.61 Å². The molecule has 1 heterocycles. The van der Waals surface area contributed by atoms with Crippen LogP contribution in [0.4, 0.5) is 5.69 Å². The summed E-state index contributed by atoms with van der Waals surface area (Å²) in [5.74, 6) is 0.850. The Morgan fingerprint density at radius 1 is 1.18 bits per heavy atom. The van der Waals surface area contributed by atoms with E-state index in [-0.39, 0.29) is 0 Å². The third-order valence-electron chi connectivity index (χ3n) is 2.52. The van der Waals surface area contributed by atoms with E-state index in [9.17, 15) is 0 Å². The van der Waals surface area contributed by atoms with Gasteiger partial charge in [0.25, 0.3) is 0 Å². The molecular weight excluding hydrogens is 212 g/mol. The van der Waals surface area contributed by atoms with Crippen LogP contribution < -0.4 is 10.5 Å². The van der Waals surface area contributed by atoms with Gasteiger partial charge in [-0.3, -0.25) is 4.98 Å². The van der Waals surface area contributed by atoms with E-state index in [2.05, 4.69) is 4.98 Å². The van der Waals surface area contributed by atoms with Gasteiger partial charge in [0.1, 0.15) is 12.4 Å². The summed E-state index contributed by atoms with van der Waals surface area (Å²) >= 11 is 0. The van der Waals surface area contributed by atoms with Crippen LogP contribution in [0.1, 0.15) is 17.0 Å². The highest BCUT2D eigenvalue weighted by atomic mass is 16.5. The van der Waals surface area contributed by atoms with Gasteiger partial charge in [-0.1, -0.05) is 6.07 Å². The SMILES string of the molecule is Cc1cccc(COc2ccc(N)cc2C)n1. The average molecular weight is 228 g/mol. The zero-order chi connectivity index (χ0) is 12.3. The first-order valence-corrected chi connectivity index (χ1v) is 5.56. The Labute approximate surface area is 101 Å². The molecule has 17 heavy (non-hydrogen) atoms. The van der Waals surface area contributed by atoms with E-state index in [1.165, 1.54) is 0 Å². The molecule has 0 aliphatic heterocycles. The molecule has 0 saturated carbocycles. The summed E-state index contributed by atoms with van der Waals surface area (Å²) in [6.45, 7) is 4.43. The Bertz CT molecular complexity index is 523. The second-order valence-electron chi connectivity index (χ2n) is 4.08. The molecule has 0 aliphatic carbocycles. The number of aromatic nitrogens is 1. The maximum Gasteiger partial charge on any atom is 0.130 e. The van der Waals surface area contributed by atoms with Crippen molar-refractivity contribution in [2.24, 2.45) is 0 Å². The topological polar surface area (TPSA) is 48.1 Å². The number of hydrogen-bond donors (Lipinski definition) is 1. The number of aryl methyl sites for hydroxylation is 2. The zero-order valence-corrected chi connectivity index (χ0v) is 10.1. The van der Waals surface area contributed by atoms with Crippen LogP contribution in [-0.4, -0.2) is 4.98 Å². The van der Waals surface area contributed by atoms with Crippen LogP contribution in [0, 0.1) is 13.8 Å². The third kappa shape index (κ3) is 2.97. The number of pyridine rings is 1. The maximum absolute atomic E-state index is 5.71. The molecule has 0 bridgehead atoms. The Kier molecular flexibility index (Phi) is 3.28. The molecule has 3 heteroatoms. The number of anilines is 1. The summed E-state index contributed by atoms with van der Waals surface area (Å²) in [5, 5.41) is 0. The van der Waals surface area contributed by atoms with Crippen LogP contribution in [0.15, 0.2) is 36.4 Å². The smallest absolute Gasteiger partial charge is 0.130 e. The molecule has 0 radical (unpaired) electrons. The fourth-order valence-corrected chi connectivity index (χ4v) is 1.67. The molecule has 2 aromatic rings. The van der Waals surface area contributed by atoms with Gasteiger partial charge >= 0.3 is 0 Å². The lowest BCUT2D eigenvalue weighted by Gasteiger charge is -2.09. The predicted octanol–water partition coefficient (Wildman–Crippen LogP) is 2.86. The fraction of sp³-hybridized carbons (Fsp3) is 0.214. The molecule has 0 amide bonds. The summed E-state index contributed by atoms with van der Waals surface area (Å²) in [5.41, 5.74) is 9.41. The summed E-state index contributed by atoms with van der Waals surface area (Å²) in [7, 11) is 0. The molecule has 2 N–H and O–H groups in total. The van der Waals surface area contributed by atoms with E-state index < -0.39 is 0 Å². The van der Waals surface area contributed by atoms with E-state index in [4.69, 9.17) is 10.5 Å². The van der Waals surface area contributed by atoms with E-state index >= 15 is 0 Å². The van der Waals surface area contributed by atoms with Crippen molar-refractivity contribution in [1.29, 1.82) is 0 Å². The summed E-state index contributed by atoms with van der Waals surface area (Å²) in [6.07, 6.45) is 0. The van der Waals surface area contributed by atoms with Gasteiger partial charge in [-0.25, -0.2) is 0 Å². The van der Waals surface area contributed by atoms with E-state index in [1.807, 2.05) is 50.2 Å². The molecule has 0 fully saturated rings. The standard InChI is InChI=1S/C14H16N2O/c1-10-8-12(15)6-7-14(10)17-9-13-5-3-4-11(2)16-13/h3-8H,9,15H2,1-2H3. The molecule has 2 rings (SSSR count). The molecule has 1 aromatic carbocycles.